The van der Waals surface area contributed by atoms with Gasteiger partial charge >= 0.3 is 309 Å². The summed E-state index contributed by atoms with van der Waals surface area (Å²) in [6.07, 6.45) is 0. The van der Waals surface area contributed by atoms with Crippen LogP contribution in [0.1, 0.15) is 0 Å². The van der Waals surface area contributed by atoms with Crippen molar-refractivity contribution in [2.24, 2.45) is 0 Å². The molecule has 0 spiro atoms. The van der Waals surface area contributed by atoms with E-state index in [-0.39, 0.29) is 2.29 Å². The normalized spacial score (nSPS) is 11.0. The van der Waals surface area contributed by atoms with Crippen molar-refractivity contribution in [2.75, 3.05) is 28.4 Å². The summed E-state index contributed by atoms with van der Waals surface area (Å²) in [5, 5.41) is 0. The van der Waals surface area contributed by atoms with E-state index in [0.717, 1.165) is 45.3 Å². The Morgan fingerprint density at radius 2 is 0.646 bits per heavy atom. The Balaban J connectivity index is 1.47. The fourth-order valence-corrected chi connectivity index (χ4v) is 11.3. The van der Waals surface area contributed by atoms with Gasteiger partial charge in [0.15, 0.2) is 0 Å². The average molecular weight is 867 g/mol. The summed E-state index contributed by atoms with van der Waals surface area (Å²) in [7, 11) is 6.86. The van der Waals surface area contributed by atoms with Gasteiger partial charge < -0.3 is 0 Å². The number of methoxy groups -OCH3 is 4. The van der Waals surface area contributed by atoms with Gasteiger partial charge in [0.05, 0.1) is 0 Å². The summed E-state index contributed by atoms with van der Waals surface area (Å²) in [5.41, 5.74) is 9.21. The maximum absolute atomic E-state index is 5.63. The van der Waals surface area contributed by atoms with Gasteiger partial charge in [-0.15, -0.1) is 0 Å². The molecule has 0 fully saturated rings. The van der Waals surface area contributed by atoms with Gasteiger partial charge in [-0.3, -0.25) is 0 Å². The molecule has 7 heteroatoms. The van der Waals surface area contributed by atoms with Gasteiger partial charge in [-0.2, -0.15) is 0 Å². The molecule has 0 aliphatic carbocycles. The van der Waals surface area contributed by atoms with E-state index in [9.17, 15) is 0 Å². The van der Waals surface area contributed by atoms with E-state index in [1.165, 1.54) is 32.0 Å². The van der Waals surface area contributed by atoms with E-state index >= 15 is 0 Å². The molecule has 0 saturated carbocycles. The van der Waals surface area contributed by atoms with Gasteiger partial charge in [-0.25, -0.2) is 0 Å². The molecule has 6 rings (SSSR count). The topological polar surface area (TPSA) is 36.9 Å². The summed E-state index contributed by atoms with van der Waals surface area (Å²) < 4.78 is 22.8. The molecule has 0 amide bonds. The predicted octanol–water partition coefficient (Wildman–Crippen LogP) is 10.2. The maximum atomic E-state index is 5.63. The molecule has 0 unspecified atom stereocenters. The van der Waals surface area contributed by atoms with Crippen LogP contribution in [0.25, 0.3) is 44.5 Å². The van der Waals surface area contributed by atoms with Gasteiger partial charge in [0.2, 0.25) is 0 Å². The van der Waals surface area contributed by atoms with Crippen molar-refractivity contribution in [3.63, 3.8) is 0 Å². The van der Waals surface area contributed by atoms with Gasteiger partial charge in [0.25, 0.3) is 0 Å². The van der Waals surface area contributed by atoms with Crippen molar-refractivity contribution < 1.29 is 18.9 Å². The second-order valence-corrected chi connectivity index (χ2v) is 19.8. The first-order valence-electron chi connectivity index (χ1n) is 15.4. The van der Waals surface area contributed by atoms with Crippen LogP contribution in [0.3, 0.4) is 0 Å². The van der Waals surface area contributed by atoms with Crippen LogP contribution in [0, 0.1) is 0 Å². The molecule has 0 bridgehead atoms. The Hall–Kier alpha value is -3.90. The quantitative estimate of drug-likeness (QED) is 0.0693. The Morgan fingerprint density at radius 1 is 0.396 bits per heavy atom. The van der Waals surface area contributed by atoms with Crippen LogP contribution in [0.2, 0.25) is 0 Å². The Morgan fingerprint density at radius 3 is 0.896 bits per heavy atom. The fraction of sp³-hybridized carbons (Fsp3) is 0.122. The molecule has 0 atom stereocenters. The van der Waals surface area contributed by atoms with Gasteiger partial charge in [-0.05, 0) is 0 Å². The fourth-order valence-electron chi connectivity index (χ4n) is 5.66. The average Bonchev–Trinajstić information content (AvgIpc) is 3.15. The zero-order valence-electron chi connectivity index (χ0n) is 27.3. The summed E-state index contributed by atoms with van der Waals surface area (Å²) >= 11 is 4.53. The molecule has 0 saturated heterocycles. The molecule has 0 N–H and O–H groups in total. The van der Waals surface area contributed by atoms with Crippen LogP contribution < -0.4 is 18.9 Å². The zero-order valence-corrected chi connectivity index (χ0v) is 33.4. The Kier molecular flexibility index (Phi) is 11.3. The standard InChI is InChI=1S/C41H35O4S2.Bi.2H/c1-42-32-15-5-11-28(23-32)36-19-9-20-37(29-12-6-16-33(24-29)43-2)40(36)46-27-47-41-38(30-13-7-17-34(25-30)44-3)21-10-22-39(41)31-14-8-18-35(26-31)45-4;;;/h5-27H,1-4H3;;;. The van der Waals surface area contributed by atoms with E-state index in [0.29, 0.717) is 24.7 Å². The van der Waals surface area contributed by atoms with Crippen LogP contribution >= 0.6 is 23.5 Å². The van der Waals surface area contributed by atoms with Crippen molar-refractivity contribution in [2.45, 2.75) is 12.1 Å². The molecule has 0 aliphatic rings. The molecule has 6 aromatic carbocycles. The van der Waals surface area contributed by atoms with Crippen molar-refractivity contribution in [1.82, 2.24) is 0 Å². The minimum absolute atomic E-state index is 0.289. The number of ether oxygens (including phenoxy) is 4. The third kappa shape index (κ3) is 7.70. The summed E-state index contributed by atoms with van der Waals surface area (Å²) in [5.74, 6) is 3.35. The minimum atomic E-state index is 0.289. The molecule has 0 heterocycles. The first kappa shape index (κ1) is 34.0. The van der Waals surface area contributed by atoms with Gasteiger partial charge in [0, 0.05) is 0 Å². The molecule has 48 heavy (non-hydrogen) atoms. The Labute approximate surface area is 306 Å². The van der Waals surface area contributed by atoms with E-state index in [2.05, 4.69) is 109 Å². The number of hydrogen-bond donors (Lipinski definition) is 0. The van der Waals surface area contributed by atoms with Crippen molar-refractivity contribution >= 4 is 48.2 Å². The SMILES string of the molecule is COc1cccc(-c2cccc(-c3cccc(OC)c3)c2S[CH]([BiH2])Sc2c(-c3cccc(OC)c3)cccc2-c2cccc(OC)c2)c1. The third-order valence-corrected chi connectivity index (χ3v) is 13.6. The molecule has 4 nitrogen and oxygen atoms in total. The molecule has 0 radical (unpaired) electrons. The molecular weight excluding hydrogens is 830 g/mol. The second-order valence-electron chi connectivity index (χ2n) is 10.9. The third-order valence-electron chi connectivity index (χ3n) is 8.02. The van der Waals surface area contributed by atoms with Gasteiger partial charge in [0.1, 0.15) is 0 Å². The van der Waals surface area contributed by atoms with Crippen molar-refractivity contribution in [1.29, 1.82) is 0 Å². The van der Waals surface area contributed by atoms with Crippen molar-refractivity contribution in [3.8, 4) is 67.5 Å². The number of thioether (sulfide) groups is 2. The molecular formula is C41H37BiO4S2. The molecule has 6 aromatic rings. The van der Waals surface area contributed by atoms with Crippen molar-refractivity contribution in [3.05, 3.63) is 133 Å². The van der Waals surface area contributed by atoms with E-state index < -0.39 is 0 Å². The summed E-state index contributed by atoms with van der Waals surface area (Å²) in [6, 6.07) is 46.4. The number of benzene rings is 6. The monoisotopic (exact) mass is 866 g/mol. The Bertz CT molecular complexity index is 1750. The molecule has 0 aromatic heterocycles. The second kappa shape index (κ2) is 16.0. The van der Waals surface area contributed by atoms with E-state index in [1.807, 2.05) is 47.8 Å². The van der Waals surface area contributed by atoms with E-state index in [4.69, 9.17) is 18.9 Å². The van der Waals surface area contributed by atoms with E-state index in [1.54, 1.807) is 28.4 Å². The molecule has 242 valence electrons. The first-order valence-corrected chi connectivity index (χ1v) is 19.8. The van der Waals surface area contributed by atoms with Crippen LogP contribution in [-0.4, -0.2) is 55.4 Å². The summed E-state index contributed by atoms with van der Waals surface area (Å²) in [4.78, 5) is 2.47. The molecule has 0 aliphatic heterocycles. The number of hydrogen-bond acceptors (Lipinski definition) is 6. The zero-order chi connectivity index (χ0) is 33.5. The van der Waals surface area contributed by atoms with Crippen LogP contribution in [-0.2, 0) is 0 Å². The van der Waals surface area contributed by atoms with Crippen LogP contribution in [0.15, 0.2) is 143 Å². The number of rotatable bonds is 12. The van der Waals surface area contributed by atoms with Crippen LogP contribution in [0.5, 0.6) is 23.0 Å². The summed E-state index contributed by atoms with van der Waals surface area (Å²) in [6.45, 7) is 0. The van der Waals surface area contributed by atoms with Gasteiger partial charge in [-0.1, -0.05) is 0 Å². The first-order chi connectivity index (χ1) is 23.5. The van der Waals surface area contributed by atoms with Crippen LogP contribution in [0.4, 0.5) is 0 Å². The predicted molar refractivity (Wildman–Crippen MR) is 205 cm³/mol.